The molecule has 5 heteroatoms. The molecule has 0 radical (unpaired) electrons. The highest BCUT2D eigenvalue weighted by Crippen LogP contribution is 2.47. The lowest BCUT2D eigenvalue weighted by molar-refractivity contribution is 0.143. The quantitative estimate of drug-likeness (QED) is 0.782. The first-order chi connectivity index (χ1) is 13.3. The minimum absolute atomic E-state index is 0.0919. The van der Waals surface area contributed by atoms with Crippen molar-refractivity contribution in [1.82, 2.24) is 15.5 Å². The Bertz CT molecular complexity index is 719. The molecule has 4 rings (SSSR count). The fourth-order valence-electron chi connectivity index (χ4n) is 4.13. The van der Waals surface area contributed by atoms with Crippen LogP contribution in [0.1, 0.15) is 49.5 Å². The van der Waals surface area contributed by atoms with Crippen LogP contribution in [0.3, 0.4) is 0 Å². The number of nitrogens with one attached hydrogen (secondary N) is 2. The molecule has 2 aromatic rings. The molecule has 1 aliphatic heterocycles. The van der Waals surface area contributed by atoms with Gasteiger partial charge in [0, 0.05) is 18.5 Å². The summed E-state index contributed by atoms with van der Waals surface area (Å²) in [5.74, 6) is 0.931. The van der Waals surface area contributed by atoms with Crippen LogP contribution in [0.5, 0.6) is 0 Å². The normalized spacial score (nSPS) is 20.0. The van der Waals surface area contributed by atoms with Crippen LogP contribution in [0.25, 0.3) is 0 Å². The fraction of sp³-hybridized carbons (Fsp3) is 0.500. The van der Waals surface area contributed by atoms with Gasteiger partial charge < -0.3 is 15.1 Å². The van der Waals surface area contributed by atoms with Gasteiger partial charge in [0.25, 0.3) is 0 Å². The van der Waals surface area contributed by atoms with E-state index in [0.29, 0.717) is 13.1 Å². The maximum Gasteiger partial charge on any atom is 0.314 e. The molecule has 2 N–H and O–H groups in total. The van der Waals surface area contributed by atoms with Crippen molar-refractivity contribution in [2.24, 2.45) is 0 Å². The van der Waals surface area contributed by atoms with Crippen molar-refractivity contribution in [3.63, 3.8) is 0 Å². The number of rotatable bonds is 7. The van der Waals surface area contributed by atoms with E-state index in [2.05, 4.69) is 39.8 Å². The molecule has 1 aromatic carbocycles. The molecule has 1 atom stereocenters. The Hall–Kier alpha value is -2.27. The molecule has 0 spiro atoms. The summed E-state index contributed by atoms with van der Waals surface area (Å²) < 4.78 is 5.65. The maximum absolute atomic E-state index is 12.4. The molecule has 2 amide bonds. The Morgan fingerprint density at radius 1 is 1.04 bits per heavy atom. The van der Waals surface area contributed by atoms with E-state index >= 15 is 0 Å². The third-order valence-electron chi connectivity index (χ3n) is 5.99. The van der Waals surface area contributed by atoms with Gasteiger partial charge in [0.2, 0.25) is 0 Å². The van der Waals surface area contributed by atoms with E-state index in [1.807, 2.05) is 18.2 Å². The molecule has 2 fully saturated rings. The average molecular weight is 367 g/mol. The first-order valence-corrected chi connectivity index (χ1v) is 10.1. The molecule has 1 aromatic heterocycles. The summed E-state index contributed by atoms with van der Waals surface area (Å²) >= 11 is 0. The lowest BCUT2D eigenvalue weighted by Gasteiger charge is -2.33. The van der Waals surface area contributed by atoms with Crippen molar-refractivity contribution >= 4 is 6.03 Å². The summed E-state index contributed by atoms with van der Waals surface area (Å²) in [6, 6.07) is 14.4. The van der Waals surface area contributed by atoms with E-state index in [9.17, 15) is 4.79 Å². The second-order valence-electron chi connectivity index (χ2n) is 7.84. The second-order valence-corrected chi connectivity index (χ2v) is 7.84. The van der Waals surface area contributed by atoms with Gasteiger partial charge in [-0.2, -0.15) is 0 Å². The fourth-order valence-corrected chi connectivity index (χ4v) is 4.13. The van der Waals surface area contributed by atoms with Crippen molar-refractivity contribution in [3.05, 3.63) is 60.1 Å². The summed E-state index contributed by atoms with van der Waals surface area (Å²) in [5.41, 5.74) is 1.46. The summed E-state index contributed by atoms with van der Waals surface area (Å²) in [6.45, 7) is 3.38. The predicted octanol–water partition coefficient (Wildman–Crippen LogP) is 3.84. The largest absolute Gasteiger partial charge is 0.468 e. The van der Waals surface area contributed by atoms with Crippen LogP contribution in [-0.2, 0) is 5.41 Å². The van der Waals surface area contributed by atoms with Crippen LogP contribution < -0.4 is 10.6 Å². The molecule has 1 aliphatic carbocycles. The standard InChI is InChI=1S/C22H29N3O2/c26-21(24-17-22(11-12-22)18-8-3-1-4-9-18)23-16-19(20-10-7-15-27-20)25-13-5-2-6-14-25/h1,3-4,7-10,15,19H,2,5-6,11-14,16-17H2,(H2,23,24,26). The molecule has 144 valence electrons. The molecular formula is C22H29N3O2. The van der Waals surface area contributed by atoms with Gasteiger partial charge in [-0.1, -0.05) is 36.8 Å². The number of benzene rings is 1. The summed E-state index contributed by atoms with van der Waals surface area (Å²) in [7, 11) is 0. The number of piperidine rings is 1. The zero-order valence-corrected chi connectivity index (χ0v) is 15.8. The lowest BCUT2D eigenvalue weighted by Crippen LogP contribution is -2.45. The van der Waals surface area contributed by atoms with E-state index in [-0.39, 0.29) is 17.5 Å². The molecule has 1 saturated heterocycles. The minimum Gasteiger partial charge on any atom is -0.468 e. The average Bonchev–Trinajstić information content (AvgIpc) is 3.33. The van der Waals surface area contributed by atoms with Crippen LogP contribution in [0, 0.1) is 0 Å². The van der Waals surface area contributed by atoms with Gasteiger partial charge in [-0.05, 0) is 56.5 Å². The molecule has 5 nitrogen and oxygen atoms in total. The van der Waals surface area contributed by atoms with Crippen molar-refractivity contribution in [3.8, 4) is 0 Å². The van der Waals surface area contributed by atoms with Crippen molar-refractivity contribution in [2.45, 2.75) is 43.6 Å². The van der Waals surface area contributed by atoms with E-state index in [4.69, 9.17) is 4.42 Å². The third kappa shape index (κ3) is 4.35. The number of amides is 2. The highest BCUT2D eigenvalue weighted by molar-refractivity contribution is 5.74. The Morgan fingerprint density at radius 3 is 2.48 bits per heavy atom. The zero-order chi connectivity index (χ0) is 18.5. The van der Waals surface area contributed by atoms with Gasteiger partial charge in [0.15, 0.2) is 0 Å². The lowest BCUT2D eigenvalue weighted by atomic mass is 9.96. The van der Waals surface area contributed by atoms with Gasteiger partial charge in [-0.25, -0.2) is 4.79 Å². The molecule has 1 unspecified atom stereocenters. The molecule has 2 heterocycles. The van der Waals surface area contributed by atoms with Crippen molar-refractivity contribution < 1.29 is 9.21 Å². The Balaban J connectivity index is 1.31. The molecule has 27 heavy (non-hydrogen) atoms. The first-order valence-electron chi connectivity index (χ1n) is 10.1. The highest BCUT2D eigenvalue weighted by Gasteiger charge is 2.44. The van der Waals surface area contributed by atoms with Crippen molar-refractivity contribution in [2.75, 3.05) is 26.2 Å². The van der Waals surface area contributed by atoms with Gasteiger partial charge >= 0.3 is 6.03 Å². The first kappa shape index (κ1) is 18.1. The second kappa shape index (κ2) is 8.17. The van der Waals surface area contributed by atoms with Gasteiger partial charge in [0.05, 0.1) is 12.3 Å². The van der Waals surface area contributed by atoms with Gasteiger partial charge in [-0.15, -0.1) is 0 Å². The molecular weight excluding hydrogens is 338 g/mol. The Kier molecular flexibility index (Phi) is 5.48. The number of hydrogen-bond donors (Lipinski definition) is 2. The minimum atomic E-state index is -0.0919. The number of carbonyl (C=O) groups is 1. The third-order valence-corrected chi connectivity index (χ3v) is 5.99. The SMILES string of the molecule is O=C(NCC(c1ccco1)N1CCCCC1)NCC1(c2ccccc2)CC1. The number of likely N-dealkylation sites (tertiary alicyclic amines) is 1. The predicted molar refractivity (Wildman–Crippen MR) is 106 cm³/mol. The number of hydrogen-bond acceptors (Lipinski definition) is 3. The highest BCUT2D eigenvalue weighted by atomic mass is 16.3. The van der Waals surface area contributed by atoms with Crippen LogP contribution >= 0.6 is 0 Å². The van der Waals surface area contributed by atoms with Crippen molar-refractivity contribution in [1.29, 1.82) is 0 Å². The van der Waals surface area contributed by atoms with Gasteiger partial charge in [-0.3, -0.25) is 4.90 Å². The topological polar surface area (TPSA) is 57.5 Å². The van der Waals surface area contributed by atoms with Gasteiger partial charge in [0.1, 0.15) is 5.76 Å². The molecule has 0 bridgehead atoms. The Labute approximate surface area is 161 Å². The van der Waals surface area contributed by atoms with E-state index < -0.39 is 0 Å². The summed E-state index contributed by atoms with van der Waals surface area (Å²) in [6.07, 6.45) is 7.70. The number of nitrogens with zero attached hydrogens (tertiary/aromatic N) is 1. The molecule has 2 aliphatic rings. The molecule has 1 saturated carbocycles. The number of furan rings is 1. The van der Waals surface area contributed by atoms with E-state index in [1.54, 1.807) is 6.26 Å². The summed E-state index contributed by atoms with van der Waals surface area (Å²) in [5, 5.41) is 6.16. The van der Waals surface area contributed by atoms with E-state index in [0.717, 1.165) is 31.7 Å². The Morgan fingerprint density at radius 2 is 1.81 bits per heavy atom. The van der Waals surface area contributed by atoms with E-state index in [1.165, 1.54) is 24.8 Å². The monoisotopic (exact) mass is 367 g/mol. The summed E-state index contributed by atoms with van der Waals surface area (Å²) in [4.78, 5) is 14.9. The zero-order valence-electron chi connectivity index (χ0n) is 15.8. The van der Waals surface area contributed by atoms with Crippen LogP contribution in [0.2, 0.25) is 0 Å². The van der Waals surface area contributed by atoms with Crippen LogP contribution in [0.4, 0.5) is 4.79 Å². The number of carbonyl (C=O) groups excluding carboxylic acids is 1. The smallest absolute Gasteiger partial charge is 0.314 e. The van der Waals surface area contributed by atoms with Crippen LogP contribution in [-0.4, -0.2) is 37.1 Å². The van der Waals surface area contributed by atoms with Crippen LogP contribution in [0.15, 0.2) is 53.1 Å². The maximum atomic E-state index is 12.4. The number of urea groups is 1.